The Balaban J connectivity index is 2.17. The van der Waals surface area contributed by atoms with E-state index in [4.69, 9.17) is 4.74 Å². The van der Waals surface area contributed by atoms with Gasteiger partial charge in [0.25, 0.3) is 0 Å². The van der Waals surface area contributed by atoms with Gasteiger partial charge in [-0.1, -0.05) is 5.21 Å². The molecule has 6 heteroatoms. The number of hydrogen-bond donors (Lipinski definition) is 1. The maximum atomic E-state index is 11.8. The molecule has 0 aliphatic heterocycles. The Labute approximate surface area is 106 Å². The van der Waals surface area contributed by atoms with Crippen molar-refractivity contribution in [2.75, 3.05) is 6.61 Å². The molecule has 1 atom stereocenters. The fourth-order valence-electron chi connectivity index (χ4n) is 1.90. The molecule has 1 aromatic heterocycles. The Hall–Kier alpha value is -1.43. The lowest BCUT2D eigenvalue weighted by Gasteiger charge is -2.08. The zero-order valence-electron chi connectivity index (χ0n) is 10.8. The van der Waals surface area contributed by atoms with Gasteiger partial charge in [-0.3, -0.25) is 0 Å². The van der Waals surface area contributed by atoms with Gasteiger partial charge in [0.2, 0.25) is 0 Å². The highest BCUT2D eigenvalue weighted by molar-refractivity contribution is 5.88. The lowest BCUT2D eigenvalue weighted by atomic mass is 10.2. The van der Waals surface area contributed by atoms with Crippen LogP contribution in [0.5, 0.6) is 0 Å². The number of aliphatic hydroxyl groups excluding tert-OH is 1. The van der Waals surface area contributed by atoms with Crippen molar-refractivity contribution >= 4 is 5.97 Å². The molecule has 1 saturated carbocycles. The summed E-state index contributed by atoms with van der Waals surface area (Å²) >= 11 is 0. The number of esters is 1. The van der Waals surface area contributed by atoms with Crippen LogP contribution in [-0.4, -0.2) is 38.8 Å². The fraction of sp³-hybridized carbons (Fsp3) is 0.750. The molecule has 1 aliphatic carbocycles. The highest BCUT2D eigenvalue weighted by Gasteiger charge is 2.34. The Morgan fingerprint density at radius 3 is 2.89 bits per heavy atom. The van der Waals surface area contributed by atoms with Gasteiger partial charge in [-0.15, -0.1) is 5.10 Å². The Morgan fingerprint density at radius 1 is 1.61 bits per heavy atom. The maximum Gasteiger partial charge on any atom is 0.360 e. The van der Waals surface area contributed by atoms with Crippen molar-refractivity contribution in [3.05, 3.63) is 11.4 Å². The summed E-state index contributed by atoms with van der Waals surface area (Å²) in [7, 11) is 0. The summed E-state index contributed by atoms with van der Waals surface area (Å²) in [6.45, 7) is 4.42. The third-order valence-electron chi connectivity index (χ3n) is 2.96. The smallest absolute Gasteiger partial charge is 0.360 e. The molecule has 0 radical (unpaired) electrons. The van der Waals surface area contributed by atoms with Crippen LogP contribution in [0.25, 0.3) is 0 Å². The van der Waals surface area contributed by atoms with Crippen molar-refractivity contribution in [2.45, 2.75) is 51.7 Å². The zero-order chi connectivity index (χ0) is 13.1. The Morgan fingerprint density at radius 2 is 2.33 bits per heavy atom. The van der Waals surface area contributed by atoms with Crippen LogP contribution in [0.2, 0.25) is 0 Å². The molecule has 1 N–H and O–H groups in total. The second-order valence-electron chi connectivity index (χ2n) is 4.68. The van der Waals surface area contributed by atoms with Crippen molar-refractivity contribution in [1.82, 2.24) is 15.0 Å². The van der Waals surface area contributed by atoms with Crippen LogP contribution in [0, 0.1) is 0 Å². The molecule has 18 heavy (non-hydrogen) atoms. The molecule has 0 aromatic carbocycles. The summed E-state index contributed by atoms with van der Waals surface area (Å²) < 4.78 is 6.71. The molecule has 1 aliphatic rings. The number of ether oxygens (including phenoxy) is 1. The molecule has 100 valence electrons. The highest BCUT2D eigenvalue weighted by atomic mass is 16.5. The van der Waals surface area contributed by atoms with Gasteiger partial charge in [-0.25, -0.2) is 9.48 Å². The van der Waals surface area contributed by atoms with Gasteiger partial charge in [0.05, 0.1) is 18.4 Å². The summed E-state index contributed by atoms with van der Waals surface area (Å²) in [6, 6.07) is 0. The average Bonchev–Trinajstić information content (AvgIpc) is 3.06. The summed E-state index contributed by atoms with van der Waals surface area (Å²) in [5.41, 5.74) is 1.21. The Kier molecular flexibility index (Phi) is 3.96. The predicted octanol–water partition coefficient (Wildman–Crippen LogP) is 1.10. The van der Waals surface area contributed by atoms with Crippen LogP contribution >= 0.6 is 0 Å². The standard InChI is InChI=1S/C12H19N3O3/c1-3-18-12(17)10-11(9-4-5-9)15(14-13-10)7-6-8(2)16/h8-9,16H,3-7H2,1-2H3. The van der Waals surface area contributed by atoms with Crippen molar-refractivity contribution in [3.63, 3.8) is 0 Å². The lowest BCUT2D eigenvalue weighted by molar-refractivity contribution is 0.0518. The number of rotatable bonds is 6. The van der Waals surface area contributed by atoms with Crippen LogP contribution in [0.15, 0.2) is 0 Å². The molecule has 1 unspecified atom stereocenters. The molecular weight excluding hydrogens is 234 g/mol. The third kappa shape index (κ3) is 2.87. The van der Waals surface area contributed by atoms with E-state index in [0.717, 1.165) is 18.5 Å². The average molecular weight is 253 g/mol. The first kappa shape index (κ1) is 13.0. The SMILES string of the molecule is CCOC(=O)c1nnn(CCC(C)O)c1C1CC1. The van der Waals surface area contributed by atoms with Crippen LogP contribution in [0.1, 0.15) is 55.2 Å². The van der Waals surface area contributed by atoms with Crippen LogP contribution in [-0.2, 0) is 11.3 Å². The molecule has 0 saturated heterocycles. The number of hydrogen-bond acceptors (Lipinski definition) is 5. The van der Waals surface area contributed by atoms with E-state index in [0.29, 0.717) is 31.2 Å². The molecular formula is C12H19N3O3. The molecule has 1 aromatic rings. The quantitative estimate of drug-likeness (QED) is 0.768. The van der Waals surface area contributed by atoms with E-state index >= 15 is 0 Å². The van der Waals surface area contributed by atoms with E-state index in [1.54, 1.807) is 18.5 Å². The van der Waals surface area contributed by atoms with E-state index in [1.807, 2.05) is 0 Å². The van der Waals surface area contributed by atoms with E-state index in [2.05, 4.69) is 10.3 Å². The van der Waals surface area contributed by atoms with Gasteiger partial charge in [-0.05, 0) is 33.1 Å². The monoisotopic (exact) mass is 253 g/mol. The van der Waals surface area contributed by atoms with Crippen molar-refractivity contribution < 1.29 is 14.6 Å². The first-order chi connectivity index (χ1) is 8.63. The van der Waals surface area contributed by atoms with E-state index in [-0.39, 0.29) is 6.10 Å². The van der Waals surface area contributed by atoms with Gasteiger partial charge in [0.1, 0.15) is 0 Å². The maximum absolute atomic E-state index is 11.8. The molecule has 2 rings (SSSR count). The largest absolute Gasteiger partial charge is 0.461 e. The number of nitrogens with zero attached hydrogens (tertiary/aromatic N) is 3. The lowest BCUT2D eigenvalue weighted by Crippen LogP contribution is -2.13. The van der Waals surface area contributed by atoms with Crippen LogP contribution < -0.4 is 0 Å². The minimum absolute atomic E-state index is 0.337. The van der Waals surface area contributed by atoms with Crippen LogP contribution in [0.3, 0.4) is 0 Å². The normalized spacial score (nSPS) is 16.6. The van der Waals surface area contributed by atoms with Crippen molar-refractivity contribution in [1.29, 1.82) is 0 Å². The first-order valence-corrected chi connectivity index (χ1v) is 6.42. The topological polar surface area (TPSA) is 77.2 Å². The number of carbonyl (C=O) groups is 1. The molecule has 1 fully saturated rings. The van der Waals surface area contributed by atoms with Crippen LogP contribution in [0.4, 0.5) is 0 Å². The highest BCUT2D eigenvalue weighted by Crippen LogP contribution is 2.41. The number of aryl methyl sites for hydroxylation is 1. The zero-order valence-corrected chi connectivity index (χ0v) is 10.8. The van der Waals surface area contributed by atoms with Gasteiger partial charge in [-0.2, -0.15) is 0 Å². The minimum Gasteiger partial charge on any atom is -0.461 e. The predicted molar refractivity (Wildman–Crippen MR) is 64.3 cm³/mol. The summed E-state index contributed by atoms with van der Waals surface area (Å²) in [5.74, 6) is -0.0314. The van der Waals surface area contributed by atoms with E-state index < -0.39 is 5.97 Å². The number of aliphatic hydroxyl groups is 1. The first-order valence-electron chi connectivity index (χ1n) is 6.42. The Bertz CT molecular complexity index is 424. The number of carbonyl (C=O) groups excluding carboxylic acids is 1. The molecule has 0 spiro atoms. The summed E-state index contributed by atoms with van der Waals surface area (Å²) in [5, 5.41) is 17.2. The van der Waals surface area contributed by atoms with Gasteiger partial charge < -0.3 is 9.84 Å². The van der Waals surface area contributed by atoms with Gasteiger partial charge in [0.15, 0.2) is 5.69 Å². The second-order valence-corrected chi connectivity index (χ2v) is 4.68. The third-order valence-corrected chi connectivity index (χ3v) is 2.96. The molecule has 1 heterocycles. The van der Waals surface area contributed by atoms with E-state index in [1.165, 1.54) is 0 Å². The van der Waals surface area contributed by atoms with Crippen molar-refractivity contribution in [3.8, 4) is 0 Å². The molecule has 0 amide bonds. The minimum atomic E-state index is -0.400. The summed E-state index contributed by atoms with van der Waals surface area (Å²) in [4.78, 5) is 11.8. The molecule has 6 nitrogen and oxygen atoms in total. The van der Waals surface area contributed by atoms with E-state index in [9.17, 15) is 9.90 Å². The summed E-state index contributed by atoms with van der Waals surface area (Å²) in [6.07, 6.45) is 2.35. The van der Waals surface area contributed by atoms with Gasteiger partial charge >= 0.3 is 5.97 Å². The number of aromatic nitrogens is 3. The fourth-order valence-corrected chi connectivity index (χ4v) is 1.90. The van der Waals surface area contributed by atoms with Gasteiger partial charge in [0, 0.05) is 12.5 Å². The second kappa shape index (κ2) is 5.48. The molecule has 0 bridgehead atoms. The van der Waals surface area contributed by atoms with Crippen molar-refractivity contribution in [2.24, 2.45) is 0 Å².